The molecule has 0 radical (unpaired) electrons. The molecule has 0 aliphatic rings. The zero-order valence-corrected chi connectivity index (χ0v) is 33.9. The van der Waals surface area contributed by atoms with Crippen LogP contribution in [0.15, 0.2) is 21.1 Å². The molecule has 0 unspecified atom stereocenters. The van der Waals surface area contributed by atoms with Crippen LogP contribution in [0.2, 0.25) is 0 Å². The van der Waals surface area contributed by atoms with Crippen LogP contribution in [0.5, 0.6) is 11.5 Å². The molecule has 0 amide bonds. The van der Waals surface area contributed by atoms with Gasteiger partial charge in [-0.05, 0) is 56.8 Å². The van der Waals surface area contributed by atoms with Gasteiger partial charge >= 0.3 is 0 Å². The topological polar surface area (TPSA) is 18.5 Å². The molecule has 1 aromatic carbocycles. The predicted molar refractivity (Wildman–Crippen MR) is 212 cm³/mol. The molecule has 0 aliphatic heterocycles. The van der Waals surface area contributed by atoms with Crippen LogP contribution in [0.25, 0.3) is 0 Å². The highest BCUT2D eigenvalue weighted by Crippen LogP contribution is 2.37. The molecule has 0 bridgehead atoms. The second kappa shape index (κ2) is 34.6. The molecular weight excluding hydrogens is 696 g/mol. The summed E-state index contributed by atoms with van der Waals surface area (Å²) in [6.45, 7) is 6.13. The first-order valence-corrected chi connectivity index (χ1v) is 22.0. The van der Waals surface area contributed by atoms with Gasteiger partial charge in [0.15, 0.2) is 11.5 Å². The third kappa shape index (κ3) is 27.7. The second-order valence-electron chi connectivity index (χ2n) is 14.0. The van der Waals surface area contributed by atoms with E-state index in [9.17, 15) is 0 Å². The van der Waals surface area contributed by atoms with E-state index < -0.39 is 0 Å². The van der Waals surface area contributed by atoms with Crippen molar-refractivity contribution in [1.82, 2.24) is 0 Å². The number of hydrogen-bond acceptors (Lipinski definition) is 2. The zero-order valence-electron chi connectivity index (χ0n) is 30.8. The number of unbranched alkanes of at least 4 members (excludes halogenated alkanes) is 30. The Morgan fingerprint density at radius 1 is 0.326 bits per heavy atom. The number of halogens is 2. The number of ether oxygens (including phenoxy) is 2. The minimum Gasteiger partial charge on any atom is -0.490 e. The van der Waals surface area contributed by atoms with Crippen molar-refractivity contribution in [3.63, 3.8) is 0 Å². The Balaban J connectivity index is 1.99. The Hall–Kier alpha value is -0.220. The molecule has 4 heteroatoms. The van der Waals surface area contributed by atoms with Gasteiger partial charge in [0, 0.05) is 8.95 Å². The van der Waals surface area contributed by atoms with E-state index in [1.807, 2.05) is 0 Å². The number of benzene rings is 1. The van der Waals surface area contributed by atoms with E-state index in [2.05, 4.69) is 57.8 Å². The SMILES string of the molecule is CCCCCCCCCCCCCCCCCCOc1cc(Br)c(Br)cc1OCCCCCCCCCCCCCCCCCC. The van der Waals surface area contributed by atoms with Crippen molar-refractivity contribution in [2.24, 2.45) is 0 Å². The largest absolute Gasteiger partial charge is 0.490 e. The lowest BCUT2D eigenvalue weighted by atomic mass is 10.0. The van der Waals surface area contributed by atoms with Gasteiger partial charge in [0.1, 0.15) is 0 Å². The van der Waals surface area contributed by atoms with Gasteiger partial charge in [-0.25, -0.2) is 0 Å². The lowest BCUT2D eigenvalue weighted by Gasteiger charge is -2.14. The Kier molecular flexibility index (Phi) is 33.0. The Bertz CT molecular complexity index is 705. The van der Waals surface area contributed by atoms with Crippen LogP contribution in [0.3, 0.4) is 0 Å². The first kappa shape index (κ1) is 43.8. The maximum absolute atomic E-state index is 6.20. The van der Waals surface area contributed by atoms with Gasteiger partial charge in [-0.1, -0.05) is 206 Å². The quantitative estimate of drug-likeness (QED) is 0.0633. The molecule has 0 atom stereocenters. The monoisotopic (exact) mass is 770 g/mol. The molecule has 0 N–H and O–H groups in total. The highest BCUT2D eigenvalue weighted by Gasteiger charge is 2.10. The lowest BCUT2D eigenvalue weighted by Crippen LogP contribution is -2.03. The fourth-order valence-corrected chi connectivity index (χ4v) is 7.05. The van der Waals surface area contributed by atoms with E-state index in [1.54, 1.807) is 0 Å². The van der Waals surface area contributed by atoms with Crippen molar-refractivity contribution in [3.05, 3.63) is 21.1 Å². The summed E-state index contributed by atoms with van der Waals surface area (Å²) in [4.78, 5) is 0. The molecule has 0 fully saturated rings. The summed E-state index contributed by atoms with van der Waals surface area (Å²) in [5.74, 6) is 1.74. The summed E-state index contributed by atoms with van der Waals surface area (Å²) in [7, 11) is 0. The molecule has 1 aromatic rings. The molecule has 2 nitrogen and oxygen atoms in total. The molecule has 0 saturated heterocycles. The van der Waals surface area contributed by atoms with Crippen LogP contribution < -0.4 is 9.47 Å². The average Bonchev–Trinajstić information content (AvgIpc) is 3.05. The fraction of sp³-hybridized carbons (Fsp3) is 0.857. The van der Waals surface area contributed by atoms with Gasteiger partial charge in [-0.3, -0.25) is 0 Å². The second-order valence-corrected chi connectivity index (χ2v) is 15.7. The third-order valence-corrected chi connectivity index (χ3v) is 11.3. The van der Waals surface area contributed by atoms with Crippen LogP contribution in [0.1, 0.15) is 219 Å². The average molecular weight is 773 g/mol. The Morgan fingerprint density at radius 3 is 0.739 bits per heavy atom. The molecule has 0 spiro atoms. The van der Waals surface area contributed by atoms with Crippen LogP contribution >= 0.6 is 31.9 Å². The highest BCUT2D eigenvalue weighted by molar-refractivity contribution is 9.13. The molecule has 0 aromatic heterocycles. The maximum Gasteiger partial charge on any atom is 0.162 e. The number of hydrogen-bond donors (Lipinski definition) is 0. The molecule has 270 valence electrons. The van der Waals surface area contributed by atoms with E-state index in [-0.39, 0.29) is 0 Å². The van der Waals surface area contributed by atoms with Crippen molar-refractivity contribution in [2.75, 3.05) is 13.2 Å². The minimum absolute atomic E-state index is 0.766. The van der Waals surface area contributed by atoms with E-state index >= 15 is 0 Å². The summed E-state index contributed by atoms with van der Waals surface area (Å²) in [5, 5.41) is 0. The smallest absolute Gasteiger partial charge is 0.162 e. The summed E-state index contributed by atoms with van der Waals surface area (Å²) in [6.07, 6.45) is 44.5. The lowest BCUT2D eigenvalue weighted by molar-refractivity contribution is 0.258. The van der Waals surface area contributed by atoms with Crippen molar-refractivity contribution in [2.45, 2.75) is 219 Å². The van der Waals surface area contributed by atoms with Crippen molar-refractivity contribution in [3.8, 4) is 11.5 Å². The normalized spacial score (nSPS) is 11.4. The summed E-state index contributed by atoms with van der Waals surface area (Å²) < 4.78 is 14.4. The standard InChI is InChI=1S/C42H76Br2O2/c1-3-5-7-9-11-13-15-17-19-21-23-25-27-29-31-33-35-45-41-37-39(43)40(44)38-42(41)46-36-34-32-30-28-26-24-22-20-18-16-14-12-10-8-6-4-2/h37-38H,3-36H2,1-2H3. The van der Waals surface area contributed by atoms with Gasteiger partial charge in [0.25, 0.3) is 0 Å². The van der Waals surface area contributed by atoms with Gasteiger partial charge < -0.3 is 9.47 Å². The summed E-state index contributed by atoms with van der Waals surface area (Å²) in [5.41, 5.74) is 0. The van der Waals surface area contributed by atoms with Crippen LogP contribution in [0, 0.1) is 0 Å². The van der Waals surface area contributed by atoms with E-state index in [0.29, 0.717) is 0 Å². The van der Waals surface area contributed by atoms with Crippen LogP contribution in [-0.4, -0.2) is 13.2 Å². The fourth-order valence-electron chi connectivity index (χ4n) is 6.40. The predicted octanol–water partition coefficient (Wildman–Crippen LogP) is 16.5. The summed E-state index contributed by atoms with van der Waals surface area (Å²) in [6, 6.07) is 4.11. The van der Waals surface area contributed by atoms with E-state index in [0.717, 1.165) is 46.5 Å². The molecular formula is C42H76Br2O2. The molecule has 1 rings (SSSR count). The maximum atomic E-state index is 6.20. The number of rotatable bonds is 36. The van der Waals surface area contributed by atoms with Crippen molar-refractivity contribution in [1.29, 1.82) is 0 Å². The van der Waals surface area contributed by atoms with Crippen molar-refractivity contribution >= 4 is 31.9 Å². The van der Waals surface area contributed by atoms with Gasteiger partial charge in [0.05, 0.1) is 13.2 Å². The molecule has 46 heavy (non-hydrogen) atoms. The highest BCUT2D eigenvalue weighted by atomic mass is 79.9. The third-order valence-electron chi connectivity index (χ3n) is 9.50. The van der Waals surface area contributed by atoms with Gasteiger partial charge in [0.2, 0.25) is 0 Å². The first-order chi connectivity index (χ1) is 22.7. The Labute approximate surface area is 305 Å². The minimum atomic E-state index is 0.766. The van der Waals surface area contributed by atoms with Gasteiger partial charge in [-0.15, -0.1) is 0 Å². The van der Waals surface area contributed by atoms with Crippen LogP contribution in [0.4, 0.5) is 0 Å². The molecule has 0 aliphatic carbocycles. The Morgan fingerprint density at radius 2 is 0.522 bits per heavy atom. The first-order valence-electron chi connectivity index (χ1n) is 20.4. The molecule has 0 saturated carbocycles. The zero-order chi connectivity index (χ0) is 33.2. The van der Waals surface area contributed by atoms with Gasteiger partial charge in [-0.2, -0.15) is 0 Å². The van der Waals surface area contributed by atoms with Crippen molar-refractivity contribution < 1.29 is 9.47 Å². The van der Waals surface area contributed by atoms with E-state index in [1.165, 1.54) is 193 Å². The molecule has 0 heterocycles. The van der Waals surface area contributed by atoms with Crippen LogP contribution in [-0.2, 0) is 0 Å². The van der Waals surface area contributed by atoms with E-state index in [4.69, 9.17) is 9.47 Å². The summed E-state index contributed by atoms with van der Waals surface area (Å²) >= 11 is 7.29.